The molecule has 52 heavy (non-hydrogen) atoms. The van der Waals surface area contributed by atoms with E-state index >= 15 is 0 Å². The van der Waals surface area contributed by atoms with Crippen LogP contribution in [-0.2, 0) is 0 Å². The zero-order valence-electron chi connectivity index (χ0n) is 28.2. The van der Waals surface area contributed by atoms with Gasteiger partial charge >= 0.3 is 0 Å². The molecular weight excluding hydrogens is 623 g/mol. The predicted octanol–water partition coefficient (Wildman–Crippen LogP) is 5.97. The molecule has 0 aliphatic carbocycles. The van der Waals surface area contributed by atoms with Crippen molar-refractivity contribution in [3.8, 4) is 50.5 Å². The molecule has 0 aliphatic rings. The molecule has 0 aliphatic heterocycles. The molecule has 10 radical (unpaired) electrons. The summed E-state index contributed by atoms with van der Waals surface area (Å²) in [4.78, 5) is 5.04. The highest BCUT2D eigenvalue weighted by atomic mass is 15.1. The van der Waals surface area contributed by atoms with Crippen LogP contribution >= 0.6 is 0 Å². The molecule has 0 bridgehead atoms. The summed E-state index contributed by atoms with van der Waals surface area (Å²) in [6.07, 6.45) is 0. The summed E-state index contributed by atoms with van der Waals surface area (Å²) in [5.74, 6) is 0.912. The monoisotopic (exact) mass is 648 g/mol. The molecule has 0 unspecified atom stereocenters. The van der Waals surface area contributed by atoms with E-state index in [0.29, 0.717) is 16.5 Å². The Morgan fingerprint density at radius 1 is 0.346 bits per heavy atom. The Bertz CT molecular complexity index is 2740. The molecule has 0 spiro atoms. The molecule has 0 N–H and O–H groups in total. The molecule has 0 atom stereocenters. The van der Waals surface area contributed by atoms with Gasteiger partial charge in [-0.1, -0.05) is 138 Å². The van der Waals surface area contributed by atoms with Gasteiger partial charge in [0.15, 0.2) is 0 Å². The second-order valence-corrected chi connectivity index (χ2v) is 13.0. The van der Waals surface area contributed by atoms with Gasteiger partial charge in [-0.2, -0.15) is 0 Å². The molecule has 0 fully saturated rings. The average molecular weight is 648 g/mol. The van der Waals surface area contributed by atoms with Crippen molar-refractivity contribution in [2.45, 2.75) is 0 Å². The molecule has 9 aromatic rings. The number of rotatable bonds is 5. The van der Waals surface area contributed by atoms with Crippen molar-refractivity contribution in [3.63, 3.8) is 0 Å². The van der Waals surface area contributed by atoms with Gasteiger partial charge in [0.2, 0.25) is 0 Å². The van der Waals surface area contributed by atoms with Gasteiger partial charge in [-0.3, -0.25) is 4.57 Å². The van der Waals surface area contributed by atoms with Gasteiger partial charge in [-0.05, 0) is 79.2 Å². The number of nitrogens with zero attached hydrogens (tertiary/aromatic N) is 2. The lowest BCUT2D eigenvalue weighted by Crippen LogP contribution is -2.55. The Balaban J connectivity index is 1.19. The fraction of sp³-hybridized carbons (Fsp3) is 0. The normalized spacial score (nSPS) is 11.5. The summed E-state index contributed by atoms with van der Waals surface area (Å²) in [6.45, 7) is 0. The molecule has 8 aromatic carbocycles. The first-order valence-corrected chi connectivity index (χ1v) is 17.1. The fourth-order valence-corrected chi connectivity index (χ4v) is 7.56. The Kier molecular flexibility index (Phi) is 7.81. The molecule has 0 saturated carbocycles. The van der Waals surface area contributed by atoms with Crippen molar-refractivity contribution in [3.05, 3.63) is 152 Å². The van der Waals surface area contributed by atoms with Crippen LogP contribution in [-0.4, -0.2) is 48.8 Å². The summed E-state index contributed by atoms with van der Waals surface area (Å²) in [5.41, 5.74) is 11.4. The van der Waals surface area contributed by atoms with Crippen LogP contribution in [0.4, 0.5) is 0 Å². The minimum Gasteiger partial charge on any atom is -0.292 e. The van der Waals surface area contributed by atoms with Crippen molar-refractivity contribution >= 4 is 99.1 Å². The zero-order chi connectivity index (χ0) is 35.5. The summed E-state index contributed by atoms with van der Waals surface area (Å²) >= 11 is 0. The van der Waals surface area contributed by atoms with Gasteiger partial charge in [-0.15, -0.1) is 16.4 Å². The van der Waals surface area contributed by atoms with E-state index in [1.54, 1.807) is 0 Å². The lowest BCUT2D eigenvalue weighted by molar-refractivity contribution is 1.10. The van der Waals surface area contributed by atoms with E-state index in [0.717, 1.165) is 61.1 Å². The number of imidazole rings is 1. The summed E-state index contributed by atoms with van der Waals surface area (Å²) < 4.78 is 2.24. The maximum Gasteiger partial charge on any atom is 0.145 e. The lowest BCUT2D eigenvalue weighted by atomic mass is 9.59. The summed E-state index contributed by atoms with van der Waals surface area (Å²) in [5, 5.41) is 4.64. The smallest absolute Gasteiger partial charge is 0.145 e. The van der Waals surface area contributed by atoms with Gasteiger partial charge < -0.3 is 0 Å². The number of hydrogen-bond acceptors (Lipinski definition) is 1. The molecule has 2 nitrogen and oxygen atoms in total. The van der Waals surface area contributed by atoms with Crippen molar-refractivity contribution in [2.75, 3.05) is 0 Å². The van der Waals surface area contributed by atoms with E-state index < -0.39 is 0 Å². The highest BCUT2D eigenvalue weighted by molar-refractivity contribution is 6.68. The van der Waals surface area contributed by atoms with Gasteiger partial charge in [0.25, 0.3) is 0 Å². The molecule has 0 saturated heterocycles. The number of hydrogen-bond donors (Lipinski definition) is 0. The van der Waals surface area contributed by atoms with Crippen molar-refractivity contribution in [1.29, 1.82) is 0 Å². The van der Waals surface area contributed by atoms with Crippen molar-refractivity contribution in [1.82, 2.24) is 9.55 Å². The van der Waals surface area contributed by atoms with Gasteiger partial charge in [0.05, 0.1) is 11.0 Å². The minimum absolute atomic E-state index is 0.204. The Hall–Kier alpha value is -5.93. The van der Waals surface area contributed by atoms with Gasteiger partial charge in [0, 0.05) is 11.3 Å². The minimum atomic E-state index is 0.204. The summed E-state index contributed by atoms with van der Waals surface area (Å²) in [6, 6.07) is 52.9. The molecule has 0 amide bonds. The highest BCUT2D eigenvalue weighted by Crippen LogP contribution is 2.44. The van der Waals surface area contributed by atoms with E-state index in [9.17, 15) is 0 Å². The third-order valence-electron chi connectivity index (χ3n) is 10.1. The van der Waals surface area contributed by atoms with E-state index in [2.05, 4.69) is 132 Å². The second kappa shape index (κ2) is 12.7. The van der Waals surface area contributed by atoms with E-state index in [-0.39, 0.29) is 16.4 Å². The van der Waals surface area contributed by atoms with Crippen molar-refractivity contribution in [2.24, 2.45) is 0 Å². The summed E-state index contributed by atoms with van der Waals surface area (Å²) in [7, 11) is 31.3. The number of para-hydroxylation sites is 2. The Labute approximate surface area is 309 Å². The highest BCUT2D eigenvalue weighted by Gasteiger charge is 2.19. The third-order valence-corrected chi connectivity index (χ3v) is 10.1. The quantitative estimate of drug-likeness (QED) is 0.166. The van der Waals surface area contributed by atoms with Crippen LogP contribution in [0, 0.1) is 0 Å². The van der Waals surface area contributed by atoms with Crippen LogP contribution in [0.15, 0.2) is 152 Å². The SMILES string of the molecule is [B]c1c([B])c([B])c(-c2ccc(-c3c4ccccc4c(-c4ccc(-n5c(-c6ccccc6)nc6ccccc65)cc4)c4ccccc34)cc2)c([B])c1[B]. The number of benzene rings is 8. The lowest BCUT2D eigenvalue weighted by Gasteiger charge is -2.22. The first-order chi connectivity index (χ1) is 25.4. The van der Waals surface area contributed by atoms with Crippen LogP contribution in [0.3, 0.4) is 0 Å². The van der Waals surface area contributed by atoms with Crippen LogP contribution in [0.1, 0.15) is 0 Å². The number of fused-ring (bicyclic) bond motifs is 3. The zero-order valence-corrected chi connectivity index (χ0v) is 28.2. The number of aromatic nitrogens is 2. The largest absolute Gasteiger partial charge is 0.292 e. The maximum absolute atomic E-state index is 6.41. The predicted molar refractivity (Wildman–Crippen MR) is 225 cm³/mol. The first kappa shape index (κ1) is 32.0. The molecule has 7 heteroatoms. The van der Waals surface area contributed by atoms with Crippen LogP contribution in [0.25, 0.3) is 83.0 Å². The Morgan fingerprint density at radius 3 is 1.27 bits per heavy atom. The molecular formula is C45H25B5N2. The molecule has 1 heterocycles. The van der Waals surface area contributed by atoms with Crippen LogP contribution in [0.2, 0.25) is 0 Å². The topological polar surface area (TPSA) is 17.8 Å². The standard InChI is InChI=1S/C45H25B5N2/c46-40-39(41(47)43(49)44(50)42(40)48)28-20-18-26(19-21-28)37-31-12-4-6-14-33(31)38(34-15-7-5-13-32(34)37)27-22-24-30(25-23-27)52-36-17-9-8-16-35(36)51-45(52)29-10-2-1-3-11-29/h1-25H. The second-order valence-electron chi connectivity index (χ2n) is 13.0. The fourth-order valence-electron chi connectivity index (χ4n) is 7.56. The van der Waals surface area contributed by atoms with E-state index in [4.69, 9.17) is 44.2 Å². The van der Waals surface area contributed by atoms with E-state index in [1.807, 2.05) is 24.3 Å². The molecule has 9 rings (SSSR count). The molecule has 230 valence electrons. The maximum atomic E-state index is 6.41. The van der Waals surface area contributed by atoms with Crippen LogP contribution in [0.5, 0.6) is 0 Å². The Morgan fingerprint density at radius 2 is 0.750 bits per heavy atom. The first-order valence-electron chi connectivity index (χ1n) is 17.1. The van der Waals surface area contributed by atoms with Crippen molar-refractivity contribution < 1.29 is 0 Å². The van der Waals surface area contributed by atoms with Gasteiger partial charge in [0.1, 0.15) is 45.1 Å². The van der Waals surface area contributed by atoms with Gasteiger partial charge in [-0.25, -0.2) is 4.98 Å². The average Bonchev–Trinajstić information content (AvgIpc) is 3.59. The van der Waals surface area contributed by atoms with Crippen LogP contribution < -0.4 is 27.3 Å². The molecule has 1 aromatic heterocycles. The van der Waals surface area contributed by atoms with E-state index in [1.165, 1.54) is 16.3 Å². The third kappa shape index (κ3) is 5.06.